The Morgan fingerprint density at radius 1 is 1.48 bits per heavy atom. The van der Waals surface area contributed by atoms with Crippen LogP contribution in [0.5, 0.6) is 0 Å². The summed E-state index contributed by atoms with van der Waals surface area (Å²) in [5.41, 5.74) is 0.884. The van der Waals surface area contributed by atoms with Gasteiger partial charge in [0.1, 0.15) is 5.01 Å². The number of halogens is 2. The minimum atomic E-state index is -0.944. The number of aromatic nitrogens is 1. The van der Waals surface area contributed by atoms with Crippen molar-refractivity contribution in [1.82, 2.24) is 4.98 Å². The highest BCUT2D eigenvalue weighted by molar-refractivity contribution is 7.09. The van der Waals surface area contributed by atoms with Crippen LogP contribution in [0.3, 0.4) is 0 Å². The lowest BCUT2D eigenvalue weighted by molar-refractivity contribution is -0.119. The Kier molecular flexibility index (Phi) is 4.76. The van der Waals surface area contributed by atoms with E-state index >= 15 is 0 Å². The SMILES string of the molecule is Cc1csc([C@@H](C#N)C(=O)CCc2cccc(F)c2F)n1. The lowest BCUT2D eigenvalue weighted by Crippen LogP contribution is -2.12. The largest absolute Gasteiger partial charge is 0.298 e. The number of carbonyl (C=O) groups is 1. The van der Waals surface area contributed by atoms with Crippen LogP contribution in [0.4, 0.5) is 8.78 Å². The molecule has 1 atom stereocenters. The first-order valence-electron chi connectivity index (χ1n) is 6.30. The van der Waals surface area contributed by atoms with Gasteiger partial charge < -0.3 is 0 Å². The maximum Gasteiger partial charge on any atom is 0.162 e. The molecule has 108 valence electrons. The Morgan fingerprint density at radius 2 is 2.24 bits per heavy atom. The van der Waals surface area contributed by atoms with Gasteiger partial charge in [-0.2, -0.15) is 5.26 Å². The fourth-order valence-electron chi connectivity index (χ4n) is 1.91. The number of nitriles is 1. The van der Waals surface area contributed by atoms with Crippen molar-refractivity contribution in [2.45, 2.75) is 25.7 Å². The molecular formula is C15H12F2N2OS. The predicted octanol–water partition coefficient (Wildman–Crippen LogP) is 3.54. The molecule has 0 bridgehead atoms. The zero-order valence-electron chi connectivity index (χ0n) is 11.3. The van der Waals surface area contributed by atoms with Crippen molar-refractivity contribution in [3.05, 3.63) is 51.5 Å². The van der Waals surface area contributed by atoms with Crippen LogP contribution in [0.25, 0.3) is 0 Å². The summed E-state index contributed by atoms with van der Waals surface area (Å²) in [7, 11) is 0. The Balaban J connectivity index is 2.07. The second-order valence-electron chi connectivity index (χ2n) is 4.57. The van der Waals surface area contributed by atoms with Crippen molar-refractivity contribution in [3.63, 3.8) is 0 Å². The molecule has 1 heterocycles. The molecule has 0 aliphatic heterocycles. The lowest BCUT2D eigenvalue weighted by atomic mass is 9.99. The number of thiazole rings is 1. The normalized spacial score (nSPS) is 11.9. The molecule has 2 rings (SSSR count). The van der Waals surface area contributed by atoms with Gasteiger partial charge in [-0.3, -0.25) is 4.79 Å². The molecule has 3 nitrogen and oxygen atoms in total. The predicted molar refractivity (Wildman–Crippen MR) is 74.9 cm³/mol. The first-order valence-corrected chi connectivity index (χ1v) is 7.18. The van der Waals surface area contributed by atoms with Crippen LogP contribution in [0.2, 0.25) is 0 Å². The van der Waals surface area contributed by atoms with E-state index in [2.05, 4.69) is 4.98 Å². The number of hydrogen-bond donors (Lipinski definition) is 0. The number of Topliss-reactive ketones (excluding diaryl/α,β-unsaturated/α-hetero) is 1. The summed E-state index contributed by atoms with van der Waals surface area (Å²) in [6.45, 7) is 1.78. The summed E-state index contributed by atoms with van der Waals surface area (Å²) < 4.78 is 26.6. The summed E-state index contributed by atoms with van der Waals surface area (Å²) in [6, 6.07) is 5.77. The van der Waals surface area contributed by atoms with Gasteiger partial charge in [0.15, 0.2) is 23.3 Å². The third-order valence-corrected chi connectivity index (χ3v) is 4.03. The van der Waals surface area contributed by atoms with Crippen molar-refractivity contribution in [2.24, 2.45) is 0 Å². The van der Waals surface area contributed by atoms with Gasteiger partial charge in [-0.05, 0) is 25.0 Å². The molecule has 0 saturated carbocycles. The van der Waals surface area contributed by atoms with Crippen LogP contribution < -0.4 is 0 Å². The topological polar surface area (TPSA) is 53.8 Å². The highest BCUT2D eigenvalue weighted by Gasteiger charge is 2.23. The summed E-state index contributed by atoms with van der Waals surface area (Å²) in [6.07, 6.45) is 0.0300. The molecule has 0 amide bonds. The standard InChI is InChI=1S/C15H12F2N2OS/c1-9-8-21-15(19-9)11(7-18)13(20)6-5-10-3-2-4-12(16)14(10)17/h2-4,8,11H,5-6H2,1H3/t11-/m0/s1. The van der Waals surface area contributed by atoms with Crippen molar-refractivity contribution < 1.29 is 13.6 Å². The van der Waals surface area contributed by atoms with Gasteiger partial charge in [0, 0.05) is 17.5 Å². The van der Waals surface area contributed by atoms with Gasteiger partial charge in [-0.25, -0.2) is 13.8 Å². The Morgan fingerprint density at radius 3 is 2.86 bits per heavy atom. The number of nitrogens with zero attached hydrogens (tertiary/aromatic N) is 2. The molecule has 21 heavy (non-hydrogen) atoms. The van der Waals surface area contributed by atoms with Gasteiger partial charge in [-0.15, -0.1) is 11.3 Å². The van der Waals surface area contributed by atoms with E-state index in [1.807, 2.05) is 6.07 Å². The molecule has 2 aromatic rings. The van der Waals surface area contributed by atoms with Gasteiger partial charge in [0.25, 0.3) is 0 Å². The molecule has 1 aromatic heterocycles. The van der Waals surface area contributed by atoms with Gasteiger partial charge in [0.2, 0.25) is 0 Å². The Bertz CT molecular complexity index is 706. The summed E-state index contributed by atoms with van der Waals surface area (Å²) in [5.74, 6) is -3.16. The molecular weight excluding hydrogens is 294 g/mol. The number of carbonyl (C=O) groups excluding carboxylic acids is 1. The number of rotatable bonds is 5. The first kappa shape index (κ1) is 15.3. The van der Waals surface area contributed by atoms with E-state index in [1.54, 1.807) is 12.3 Å². The van der Waals surface area contributed by atoms with E-state index in [-0.39, 0.29) is 24.2 Å². The smallest absolute Gasteiger partial charge is 0.162 e. The molecule has 0 aliphatic carbocycles. The Hall–Kier alpha value is -2.13. The van der Waals surface area contributed by atoms with Crippen molar-refractivity contribution in [2.75, 3.05) is 0 Å². The molecule has 0 unspecified atom stereocenters. The quantitative estimate of drug-likeness (QED) is 0.849. The minimum absolute atomic E-state index is 0.0305. The molecule has 0 spiro atoms. The monoisotopic (exact) mass is 306 g/mol. The van der Waals surface area contributed by atoms with E-state index in [0.717, 1.165) is 11.8 Å². The van der Waals surface area contributed by atoms with Crippen molar-refractivity contribution in [1.29, 1.82) is 5.26 Å². The molecule has 0 saturated heterocycles. The van der Waals surface area contributed by atoms with E-state index in [9.17, 15) is 13.6 Å². The van der Waals surface area contributed by atoms with Crippen LogP contribution in [0, 0.1) is 29.9 Å². The van der Waals surface area contributed by atoms with Gasteiger partial charge in [-0.1, -0.05) is 12.1 Å². The third-order valence-electron chi connectivity index (χ3n) is 3.01. The van der Waals surface area contributed by atoms with Gasteiger partial charge in [0.05, 0.1) is 6.07 Å². The number of benzene rings is 1. The van der Waals surface area contributed by atoms with Crippen LogP contribution in [-0.2, 0) is 11.2 Å². The summed E-state index contributed by atoms with van der Waals surface area (Å²) in [4.78, 5) is 16.2. The van der Waals surface area contributed by atoms with Crippen LogP contribution in [0.1, 0.15) is 28.6 Å². The minimum Gasteiger partial charge on any atom is -0.298 e. The highest BCUT2D eigenvalue weighted by Crippen LogP contribution is 2.23. The maximum absolute atomic E-state index is 13.5. The second kappa shape index (κ2) is 6.55. The Labute approximate surface area is 124 Å². The van der Waals surface area contributed by atoms with E-state index in [0.29, 0.717) is 5.01 Å². The maximum atomic E-state index is 13.5. The number of hydrogen-bond acceptors (Lipinski definition) is 4. The second-order valence-corrected chi connectivity index (χ2v) is 5.46. The van der Waals surface area contributed by atoms with Crippen LogP contribution in [0.15, 0.2) is 23.6 Å². The fraction of sp³-hybridized carbons (Fsp3) is 0.267. The molecule has 0 N–H and O–H groups in total. The average molecular weight is 306 g/mol. The van der Waals surface area contributed by atoms with Crippen molar-refractivity contribution in [3.8, 4) is 6.07 Å². The van der Waals surface area contributed by atoms with Crippen molar-refractivity contribution >= 4 is 17.1 Å². The molecule has 1 aromatic carbocycles. The summed E-state index contributed by atoms with van der Waals surface area (Å²) in [5, 5.41) is 11.3. The van der Waals surface area contributed by atoms with E-state index < -0.39 is 17.6 Å². The van der Waals surface area contributed by atoms with E-state index in [4.69, 9.17) is 5.26 Å². The first-order chi connectivity index (χ1) is 10.0. The van der Waals surface area contributed by atoms with E-state index in [1.165, 1.54) is 23.5 Å². The third kappa shape index (κ3) is 3.50. The zero-order chi connectivity index (χ0) is 15.4. The van der Waals surface area contributed by atoms with Gasteiger partial charge >= 0.3 is 0 Å². The lowest BCUT2D eigenvalue weighted by Gasteiger charge is -2.06. The number of ketones is 1. The molecule has 6 heteroatoms. The van der Waals surface area contributed by atoms with Crippen LogP contribution in [-0.4, -0.2) is 10.8 Å². The fourth-order valence-corrected chi connectivity index (χ4v) is 2.77. The molecule has 0 fully saturated rings. The molecule has 0 aliphatic rings. The molecule has 0 radical (unpaired) electrons. The summed E-state index contributed by atoms with van der Waals surface area (Å²) >= 11 is 1.25. The average Bonchev–Trinajstić information content (AvgIpc) is 2.87. The number of aryl methyl sites for hydroxylation is 2. The highest BCUT2D eigenvalue weighted by atomic mass is 32.1. The zero-order valence-corrected chi connectivity index (χ0v) is 12.1. The van der Waals surface area contributed by atoms with Crippen LogP contribution >= 0.6 is 11.3 Å².